The van der Waals surface area contributed by atoms with Gasteiger partial charge in [0.1, 0.15) is 5.82 Å². The average Bonchev–Trinajstić information content (AvgIpc) is 2.94. The molecule has 1 aliphatic heterocycles. The standard InChI is InChI=1S/C17H20ClN3/c1-11-17(15-8-5-9-19-15)12(2)21-16(20-11)10-13-6-3-4-7-14(13)18/h3-4,6-7,15,19H,5,8-10H2,1-2H3. The van der Waals surface area contributed by atoms with Crippen molar-refractivity contribution in [2.24, 2.45) is 0 Å². The maximum Gasteiger partial charge on any atom is 0.133 e. The third-order valence-electron chi connectivity index (χ3n) is 4.09. The molecule has 1 atom stereocenters. The van der Waals surface area contributed by atoms with E-state index in [1.54, 1.807) is 0 Å². The first-order chi connectivity index (χ1) is 10.1. The van der Waals surface area contributed by atoms with E-state index in [4.69, 9.17) is 21.6 Å². The highest BCUT2D eigenvalue weighted by atomic mass is 35.5. The molecule has 3 rings (SSSR count). The highest BCUT2D eigenvalue weighted by molar-refractivity contribution is 6.31. The van der Waals surface area contributed by atoms with Crippen LogP contribution in [-0.4, -0.2) is 16.5 Å². The van der Waals surface area contributed by atoms with E-state index in [1.165, 1.54) is 18.4 Å². The van der Waals surface area contributed by atoms with Gasteiger partial charge in [-0.25, -0.2) is 9.97 Å². The van der Waals surface area contributed by atoms with Gasteiger partial charge in [-0.15, -0.1) is 0 Å². The van der Waals surface area contributed by atoms with Crippen molar-refractivity contribution in [3.8, 4) is 0 Å². The smallest absolute Gasteiger partial charge is 0.133 e. The third-order valence-corrected chi connectivity index (χ3v) is 4.46. The molecule has 0 bridgehead atoms. The van der Waals surface area contributed by atoms with Crippen LogP contribution in [0.2, 0.25) is 5.02 Å². The Balaban J connectivity index is 1.89. The molecule has 0 saturated carbocycles. The molecule has 1 saturated heterocycles. The second-order valence-electron chi connectivity index (χ2n) is 5.64. The normalized spacial score (nSPS) is 18.1. The van der Waals surface area contributed by atoms with Crippen LogP contribution in [0.5, 0.6) is 0 Å². The molecule has 21 heavy (non-hydrogen) atoms. The van der Waals surface area contributed by atoms with Gasteiger partial charge in [0.25, 0.3) is 0 Å². The first-order valence-electron chi connectivity index (χ1n) is 7.46. The largest absolute Gasteiger partial charge is 0.310 e. The molecule has 0 aliphatic carbocycles. The summed E-state index contributed by atoms with van der Waals surface area (Å²) in [5, 5.41) is 4.31. The summed E-state index contributed by atoms with van der Waals surface area (Å²) in [5.41, 5.74) is 4.52. The van der Waals surface area contributed by atoms with E-state index >= 15 is 0 Å². The second-order valence-corrected chi connectivity index (χ2v) is 6.05. The summed E-state index contributed by atoms with van der Waals surface area (Å²) >= 11 is 6.22. The molecule has 3 nitrogen and oxygen atoms in total. The van der Waals surface area contributed by atoms with Gasteiger partial charge in [-0.05, 0) is 44.9 Å². The maximum absolute atomic E-state index is 6.22. The monoisotopic (exact) mass is 301 g/mol. The zero-order valence-corrected chi connectivity index (χ0v) is 13.2. The van der Waals surface area contributed by atoms with Crippen molar-refractivity contribution in [3.63, 3.8) is 0 Å². The minimum Gasteiger partial charge on any atom is -0.310 e. The number of aryl methyl sites for hydroxylation is 2. The molecule has 1 N–H and O–H groups in total. The van der Waals surface area contributed by atoms with Gasteiger partial charge in [0.15, 0.2) is 0 Å². The molecule has 1 aromatic carbocycles. The molecule has 4 heteroatoms. The lowest BCUT2D eigenvalue weighted by molar-refractivity contribution is 0.627. The van der Waals surface area contributed by atoms with Crippen LogP contribution in [0.4, 0.5) is 0 Å². The summed E-state index contributed by atoms with van der Waals surface area (Å²) in [6.07, 6.45) is 3.08. The lowest BCUT2D eigenvalue weighted by Crippen LogP contribution is -2.18. The number of benzene rings is 1. The highest BCUT2D eigenvalue weighted by Crippen LogP contribution is 2.27. The van der Waals surface area contributed by atoms with Gasteiger partial charge in [0.05, 0.1) is 0 Å². The molecule has 1 aliphatic rings. The Kier molecular flexibility index (Phi) is 4.22. The SMILES string of the molecule is Cc1nc(Cc2ccccc2Cl)nc(C)c1C1CCCN1. The van der Waals surface area contributed by atoms with Crippen LogP contribution in [0.25, 0.3) is 0 Å². The molecule has 1 fully saturated rings. The summed E-state index contributed by atoms with van der Waals surface area (Å²) in [7, 11) is 0. The Labute approximate surface area is 130 Å². The molecule has 1 aromatic heterocycles. The molecular formula is C17H20ClN3. The van der Waals surface area contributed by atoms with E-state index in [1.807, 2.05) is 24.3 Å². The van der Waals surface area contributed by atoms with Crippen LogP contribution < -0.4 is 5.32 Å². The fraction of sp³-hybridized carbons (Fsp3) is 0.412. The summed E-state index contributed by atoms with van der Waals surface area (Å²) in [4.78, 5) is 9.41. The minimum absolute atomic E-state index is 0.416. The molecule has 110 valence electrons. The van der Waals surface area contributed by atoms with E-state index in [9.17, 15) is 0 Å². The summed E-state index contributed by atoms with van der Waals surface area (Å²) in [5.74, 6) is 0.847. The van der Waals surface area contributed by atoms with Crippen molar-refractivity contribution >= 4 is 11.6 Å². The maximum atomic E-state index is 6.22. The van der Waals surface area contributed by atoms with E-state index in [-0.39, 0.29) is 0 Å². The second kappa shape index (κ2) is 6.12. The minimum atomic E-state index is 0.416. The predicted octanol–water partition coefficient (Wildman–Crippen LogP) is 3.76. The van der Waals surface area contributed by atoms with Crippen LogP contribution in [0.1, 0.15) is 47.2 Å². The number of halogens is 1. The Morgan fingerprint density at radius 2 is 1.90 bits per heavy atom. The van der Waals surface area contributed by atoms with Gasteiger partial charge >= 0.3 is 0 Å². The molecule has 0 spiro atoms. The zero-order valence-electron chi connectivity index (χ0n) is 12.5. The van der Waals surface area contributed by atoms with Crippen LogP contribution in [-0.2, 0) is 6.42 Å². The Bertz CT molecular complexity index is 625. The Morgan fingerprint density at radius 3 is 2.52 bits per heavy atom. The molecular weight excluding hydrogens is 282 g/mol. The summed E-state index contributed by atoms with van der Waals surface area (Å²) in [6, 6.07) is 8.30. The van der Waals surface area contributed by atoms with Gasteiger partial charge in [0.2, 0.25) is 0 Å². The molecule has 0 amide bonds. The Morgan fingerprint density at radius 1 is 1.19 bits per heavy atom. The van der Waals surface area contributed by atoms with Crippen molar-refractivity contribution in [1.29, 1.82) is 0 Å². The zero-order chi connectivity index (χ0) is 14.8. The number of rotatable bonds is 3. The van der Waals surface area contributed by atoms with Gasteiger partial charge < -0.3 is 5.32 Å². The lowest BCUT2D eigenvalue weighted by atomic mass is 10.0. The lowest BCUT2D eigenvalue weighted by Gasteiger charge is -2.17. The molecule has 2 aromatic rings. The van der Waals surface area contributed by atoms with Crippen LogP contribution in [0.15, 0.2) is 24.3 Å². The van der Waals surface area contributed by atoms with E-state index in [2.05, 4.69) is 19.2 Å². The Hall–Kier alpha value is -1.45. The molecule has 2 heterocycles. The topological polar surface area (TPSA) is 37.8 Å². The van der Waals surface area contributed by atoms with Crippen molar-refractivity contribution in [2.45, 2.75) is 39.2 Å². The first-order valence-corrected chi connectivity index (χ1v) is 7.83. The summed E-state index contributed by atoms with van der Waals surface area (Å²) in [6.45, 7) is 5.26. The van der Waals surface area contributed by atoms with Gasteiger partial charge in [-0.1, -0.05) is 29.8 Å². The van der Waals surface area contributed by atoms with Crippen molar-refractivity contribution in [3.05, 3.63) is 57.6 Å². The van der Waals surface area contributed by atoms with Crippen molar-refractivity contribution in [1.82, 2.24) is 15.3 Å². The third kappa shape index (κ3) is 3.09. The van der Waals surface area contributed by atoms with Crippen LogP contribution in [0, 0.1) is 13.8 Å². The van der Waals surface area contributed by atoms with Crippen molar-refractivity contribution < 1.29 is 0 Å². The van der Waals surface area contributed by atoms with Gasteiger partial charge in [-0.3, -0.25) is 0 Å². The molecule has 0 radical (unpaired) electrons. The number of nitrogens with one attached hydrogen (secondary N) is 1. The first kappa shape index (κ1) is 14.5. The fourth-order valence-corrected chi connectivity index (χ4v) is 3.32. The highest BCUT2D eigenvalue weighted by Gasteiger charge is 2.22. The van der Waals surface area contributed by atoms with Gasteiger partial charge in [0, 0.05) is 34.4 Å². The quantitative estimate of drug-likeness (QED) is 0.938. The van der Waals surface area contributed by atoms with E-state index in [0.29, 0.717) is 12.5 Å². The number of aromatic nitrogens is 2. The average molecular weight is 302 g/mol. The van der Waals surface area contributed by atoms with E-state index in [0.717, 1.165) is 34.3 Å². The van der Waals surface area contributed by atoms with Crippen LogP contribution in [0.3, 0.4) is 0 Å². The number of nitrogens with zero attached hydrogens (tertiary/aromatic N) is 2. The fourth-order valence-electron chi connectivity index (χ4n) is 3.12. The number of hydrogen-bond acceptors (Lipinski definition) is 3. The van der Waals surface area contributed by atoms with Crippen molar-refractivity contribution in [2.75, 3.05) is 6.54 Å². The van der Waals surface area contributed by atoms with Gasteiger partial charge in [-0.2, -0.15) is 0 Å². The number of hydrogen-bond donors (Lipinski definition) is 1. The predicted molar refractivity (Wildman–Crippen MR) is 85.7 cm³/mol. The van der Waals surface area contributed by atoms with Crippen LogP contribution >= 0.6 is 11.6 Å². The summed E-state index contributed by atoms with van der Waals surface area (Å²) < 4.78 is 0. The van der Waals surface area contributed by atoms with E-state index < -0.39 is 0 Å². The molecule has 1 unspecified atom stereocenters.